The molecule has 0 amide bonds. The van der Waals surface area contributed by atoms with Gasteiger partial charge in [-0.25, -0.2) is 8.42 Å². The van der Waals surface area contributed by atoms with E-state index in [1.807, 2.05) is 48.5 Å². The van der Waals surface area contributed by atoms with Crippen molar-refractivity contribution in [1.82, 2.24) is 0 Å². The van der Waals surface area contributed by atoms with Crippen LogP contribution in [0.5, 0.6) is 5.75 Å². The van der Waals surface area contributed by atoms with Crippen LogP contribution in [0.1, 0.15) is 12.0 Å². The summed E-state index contributed by atoms with van der Waals surface area (Å²) in [5.41, 5.74) is 2.53. The third-order valence-corrected chi connectivity index (χ3v) is 5.87. The minimum atomic E-state index is -3.17. The predicted octanol–water partition coefficient (Wildman–Crippen LogP) is 2.85. The molecule has 130 valence electrons. The number of nitrogens with one attached hydrogen (secondary N) is 1. The molecule has 3 rings (SSSR count). The quantitative estimate of drug-likeness (QED) is 0.809. The summed E-state index contributed by atoms with van der Waals surface area (Å²) in [7, 11) is -3.17. The number of rotatable bonds is 6. The lowest BCUT2D eigenvalue weighted by Gasteiger charge is -2.18. The van der Waals surface area contributed by atoms with E-state index in [9.17, 15) is 8.42 Å². The molecule has 5 nitrogen and oxygen atoms in total. The van der Waals surface area contributed by atoms with Gasteiger partial charge in [0.1, 0.15) is 12.4 Å². The van der Waals surface area contributed by atoms with E-state index in [4.69, 9.17) is 11.2 Å². The van der Waals surface area contributed by atoms with Crippen molar-refractivity contribution in [2.45, 2.75) is 13.0 Å². The monoisotopic (exact) mass is 356 g/mol. The van der Waals surface area contributed by atoms with Crippen molar-refractivity contribution in [2.75, 3.05) is 28.5 Å². The van der Waals surface area contributed by atoms with Crippen molar-refractivity contribution in [3.63, 3.8) is 0 Å². The highest BCUT2D eigenvalue weighted by Crippen LogP contribution is 2.27. The second-order valence-electron chi connectivity index (χ2n) is 5.75. The highest BCUT2D eigenvalue weighted by Gasteiger charge is 2.28. The molecule has 25 heavy (non-hydrogen) atoms. The van der Waals surface area contributed by atoms with Crippen LogP contribution in [0.2, 0.25) is 0 Å². The fraction of sp³-hybridized carbons (Fsp3) is 0.263. The first-order valence-corrected chi connectivity index (χ1v) is 9.69. The molecule has 2 aromatic carbocycles. The van der Waals surface area contributed by atoms with Crippen LogP contribution in [0.15, 0.2) is 48.5 Å². The number of sulfonamides is 1. The standard InChI is InChI=1S/C19H20N2O3S/c1-2-12-24-19-10-4-3-7-16(19)15-20-17-8-5-9-18(14-17)21-11-6-13-25(21,22)23/h1,3-5,7-10,14,20H,6,11-13,15H2. The first-order valence-electron chi connectivity index (χ1n) is 8.09. The first-order chi connectivity index (χ1) is 12.1. The van der Waals surface area contributed by atoms with Crippen molar-refractivity contribution in [3.05, 3.63) is 54.1 Å². The molecular formula is C19H20N2O3S. The highest BCUT2D eigenvalue weighted by molar-refractivity contribution is 7.93. The lowest BCUT2D eigenvalue weighted by Crippen LogP contribution is -2.25. The van der Waals surface area contributed by atoms with Crippen LogP contribution in [0, 0.1) is 12.3 Å². The van der Waals surface area contributed by atoms with E-state index in [0.717, 1.165) is 17.0 Å². The number of hydrogen-bond donors (Lipinski definition) is 1. The maximum absolute atomic E-state index is 12.1. The average molecular weight is 356 g/mol. The lowest BCUT2D eigenvalue weighted by molar-refractivity contribution is 0.366. The van der Waals surface area contributed by atoms with E-state index in [1.165, 1.54) is 4.31 Å². The van der Waals surface area contributed by atoms with Gasteiger partial charge in [0.05, 0.1) is 11.4 Å². The summed E-state index contributed by atoms with van der Waals surface area (Å²) in [4.78, 5) is 0. The summed E-state index contributed by atoms with van der Waals surface area (Å²) in [6.45, 7) is 1.31. The molecule has 0 saturated carbocycles. The summed E-state index contributed by atoms with van der Waals surface area (Å²) in [6.07, 6.45) is 5.91. The molecule has 1 aliphatic heterocycles. The molecule has 1 saturated heterocycles. The van der Waals surface area contributed by atoms with E-state index in [-0.39, 0.29) is 12.4 Å². The molecule has 1 heterocycles. The van der Waals surface area contributed by atoms with Crippen molar-refractivity contribution in [1.29, 1.82) is 0 Å². The Balaban J connectivity index is 1.73. The van der Waals surface area contributed by atoms with Crippen LogP contribution in [0.25, 0.3) is 0 Å². The molecule has 0 unspecified atom stereocenters. The van der Waals surface area contributed by atoms with Crippen LogP contribution in [0.3, 0.4) is 0 Å². The molecule has 0 radical (unpaired) electrons. The molecule has 1 fully saturated rings. The molecular weight excluding hydrogens is 336 g/mol. The fourth-order valence-electron chi connectivity index (χ4n) is 2.81. The van der Waals surface area contributed by atoms with Gasteiger partial charge in [-0.2, -0.15) is 0 Å². The van der Waals surface area contributed by atoms with Crippen molar-refractivity contribution in [2.24, 2.45) is 0 Å². The van der Waals surface area contributed by atoms with Gasteiger partial charge in [0, 0.05) is 24.3 Å². The van der Waals surface area contributed by atoms with E-state index in [0.29, 0.717) is 25.2 Å². The minimum Gasteiger partial charge on any atom is -0.481 e. The predicted molar refractivity (Wildman–Crippen MR) is 100 cm³/mol. The molecule has 0 aliphatic carbocycles. The van der Waals surface area contributed by atoms with Gasteiger partial charge in [0.25, 0.3) is 0 Å². The smallest absolute Gasteiger partial charge is 0.235 e. The fourth-order valence-corrected chi connectivity index (χ4v) is 4.36. The zero-order chi connectivity index (χ0) is 17.7. The molecule has 0 spiro atoms. The normalized spacial score (nSPS) is 15.6. The van der Waals surface area contributed by atoms with Gasteiger partial charge >= 0.3 is 0 Å². The molecule has 1 N–H and O–H groups in total. The Morgan fingerprint density at radius 1 is 1.20 bits per heavy atom. The van der Waals surface area contributed by atoms with Gasteiger partial charge in [-0.1, -0.05) is 30.2 Å². The van der Waals surface area contributed by atoms with Crippen LogP contribution >= 0.6 is 0 Å². The van der Waals surface area contributed by atoms with Crippen molar-refractivity contribution in [3.8, 4) is 18.1 Å². The Bertz CT molecular complexity index is 888. The minimum absolute atomic E-state index is 0.213. The number of benzene rings is 2. The zero-order valence-corrected chi connectivity index (χ0v) is 14.6. The van der Waals surface area contributed by atoms with E-state index < -0.39 is 10.0 Å². The molecule has 0 aromatic heterocycles. The van der Waals surface area contributed by atoms with Gasteiger partial charge in [0.15, 0.2) is 0 Å². The van der Waals surface area contributed by atoms with Crippen molar-refractivity contribution >= 4 is 21.4 Å². The van der Waals surface area contributed by atoms with Gasteiger partial charge in [-0.05, 0) is 30.7 Å². The largest absolute Gasteiger partial charge is 0.481 e. The summed E-state index contributed by atoms with van der Waals surface area (Å²) in [6, 6.07) is 15.1. The Kier molecular flexibility index (Phi) is 5.15. The van der Waals surface area contributed by atoms with Crippen LogP contribution in [-0.2, 0) is 16.6 Å². The number of hydrogen-bond acceptors (Lipinski definition) is 4. The van der Waals surface area contributed by atoms with Gasteiger partial charge in [-0.15, -0.1) is 6.42 Å². The molecule has 1 aliphatic rings. The molecule has 0 bridgehead atoms. The Hall–Kier alpha value is -2.65. The third kappa shape index (κ3) is 4.06. The summed E-state index contributed by atoms with van der Waals surface area (Å²) in [5.74, 6) is 3.41. The molecule has 6 heteroatoms. The number of nitrogens with zero attached hydrogens (tertiary/aromatic N) is 1. The second kappa shape index (κ2) is 7.49. The van der Waals surface area contributed by atoms with Crippen LogP contribution in [-0.4, -0.2) is 27.3 Å². The van der Waals surface area contributed by atoms with E-state index in [2.05, 4.69) is 11.2 Å². The SMILES string of the molecule is C#CCOc1ccccc1CNc1cccc(N2CCCS2(=O)=O)c1. The third-order valence-electron chi connectivity index (χ3n) is 4.00. The Morgan fingerprint density at radius 3 is 2.80 bits per heavy atom. The Labute approximate surface area is 148 Å². The Morgan fingerprint density at radius 2 is 2.04 bits per heavy atom. The molecule has 0 atom stereocenters. The summed E-state index contributed by atoms with van der Waals surface area (Å²) in [5, 5.41) is 3.32. The average Bonchev–Trinajstić information content (AvgIpc) is 2.98. The first kappa shape index (κ1) is 17.2. The maximum atomic E-state index is 12.1. The zero-order valence-electron chi connectivity index (χ0n) is 13.8. The van der Waals surface area contributed by atoms with Crippen molar-refractivity contribution < 1.29 is 13.2 Å². The maximum Gasteiger partial charge on any atom is 0.235 e. The van der Waals surface area contributed by atoms with Crippen LogP contribution in [0.4, 0.5) is 11.4 Å². The number of anilines is 2. The summed E-state index contributed by atoms with van der Waals surface area (Å²) < 4.78 is 31.2. The lowest BCUT2D eigenvalue weighted by atomic mass is 10.2. The van der Waals surface area contributed by atoms with Gasteiger partial charge in [-0.3, -0.25) is 4.31 Å². The van der Waals surface area contributed by atoms with E-state index >= 15 is 0 Å². The van der Waals surface area contributed by atoms with Gasteiger partial charge in [0.2, 0.25) is 10.0 Å². The summed E-state index contributed by atoms with van der Waals surface area (Å²) >= 11 is 0. The van der Waals surface area contributed by atoms with Gasteiger partial charge < -0.3 is 10.1 Å². The van der Waals surface area contributed by atoms with E-state index in [1.54, 1.807) is 0 Å². The van der Waals surface area contributed by atoms with Crippen LogP contribution < -0.4 is 14.4 Å². The topological polar surface area (TPSA) is 58.6 Å². The second-order valence-corrected chi connectivity index (χ2v) is 7.76. The molecule has 2 aromatic rings. The number of para-hydroxylation sites is 1. The number of terminal acetylenes is 1. The highest BCUT2D eigenvalue weighted by atomic mass is 32.2. The number of ether oxygens (including phenoxy) is 1.